The van der Waals surface area contributed by atoms with E-state index in [1.807, 2.05) is 5.38 Å². The molecule has 0 aliphatic carbocycles. The van der Waals surface area contributed by atoms with Gasteiger partial charge in [-0.2, -0.15) is 0 Å². The molecule has 116 valence electrons. The highest BCUT2D eigenvalue weighted by molar-refractivity contribution is 7.12. The third-order valence-corrected chi connectivity index (χ3v) is 4.06. The van der Waals surface area contributed by atoms with Crippen molar-refractivity contribution < 1.29 is 19.1 Å². The van der Waals surface area contributed by atoms with Gasteiger partial charge in [0, 0.05) is 24.9 Å². The predicted molar refractivity (Wildman–Crippen MR) is 82.1 cm³/mol. The number of ketones is 1. The van der Waals surface area contributed by atoms with E-state index in [0.29, 0.717) is 10.4 Å². The van der Waals surface area contributed by atoms with Crippen molar-refractivity contribution in [3.63, 3.8) is 0 Å². The molecule has 0 atom stereocenters. The van der Waals surface area contributed by atoms with Crippen LogP contribution in [0.25, 0.3) is 0 Å². The Bertz CT molecular complexity index is 655. The molecule has 0 aliphatic heterocycles. The van der Waals surface area contributed by atoms with Crippen molar-refractivity contribution >= 4 is 23.0 Å². The van der Waals surface area contributed by atoms with Crippen LogP contribution in [0.4, 0.5) is 4.39 Å². The standard InChI is InChI=1S/C16H16FNO3S/c17-13-4-3-11(8-12(13)10-19)9-18-16(21)6-5-14(20)15-2-1-7-22-15/h1-4,7-8,19H,5-6,9-10H2,(H,18,21). The first kappa shape index (κ1) is 16.3. The number of amides is 1. The Morgan fingerprint density at radius 3 is 2.73 bits per heavy atom. The van der Waals surface area contributed by atoms with E-state index in [9.17, 15) is 14.0 Å². The van der Waals surface area contributed by atoms with Crippen molar-refractivity contribution in [2.75, 3.05) is 0 Å². The van der Waals surface area contributed by atoms with Gasteiger partial charge in [-0.25, -0.2) is 4.39 Å². The van der Waals surface area contributed by atoms with Gasteiger partial charge < -0.3 is 10.4 Å². The Morgan fingerprint density at radius 1 is 1.23 bits per heavy atom. The second kappa shape index (κ2) is 7.82. The number of halogens is 1. The van der Waals surface area contributed by atoms with E-state index in [2.05, 4.69) is 5.32 Å². The van der Waals surface area contributed by atoms with Crippen LogP contribution in [0.5, 0.6) is 0 Å². The Morgan fingerprint density at radius 2 is 2.05 bits per heavy atom. The Hall–Kier alpha value is -2.05. The molecule has 4 nitrogen and oxygen atoms in total. The summed E-state index contributed by atoms with van der Waals surface area (Å²) in [6.45, 7) is -0.151. The van der Waals surface area contributed by atoms with Crippen LogP contribution in [0.1, 0.15) is 33.6 Å². The van der Waals surface area contributed by atoms with Crippen LogP contribution in [0.15, 0.2) is 35.7 Å². The van der Waals surface area contributed by atoms with E-state index in [0.717, 1.165) is 0 Å². The predicted octanol–water partition coefficient (Wildman–Crippen LogP) is 2.66. The average molecular weight is 321 g/mol. The summed E-state index contributed by atoms with van der Waals surface area (Å²) in [5, 5.41) is 13.5. The highest BCUT2D eigenvalue weighted by atomic mass is 32.1. The molecular weight excluding hydrogens is 305 g/mol. The summed E-state index contributed by atoms with van der Waals surface area (Å²) in [7, 11) is 0. The Labute approximate surface area is 131 Å². The number of aliphatic hydroxyl groups is 1. The topological polar surface area (TPSA) is 66.4 Å². The molecule has 0 spiro atoms. The number of carbonyl (C=O) groups is 2. The monoisotopic (exact) mass is 321 g/mol. The number of thiophene rings is 1. The van der Waals surface area contributed by atoms with Gasteiger partial charge in [-0.3, -0.25) is 9.59 Å². The van der Waals surface area contributed by atoms with Gasteiger partial charge in [-0.1, -0.05) is 12.1 Å². The minimum Gasteiger partial charge on any atom is -0.392 e. The number of rotatable bonds is 7. The maximum Gasteiger partial charge on any atom is 0.220 e. The largest absolute Gasteiger partial charge is 0.392 e. The van der Waals surface area contributed by atoms with Crippen molar-refractivity contribution in [1.29, 1.82) is 0 Å². The molecule has 0 aliphatic rings. The lowest BCUT2D eigenvalue weighted by Crippen LogP contribution is -2.23. The molecule has 0 saturated carbocycles. The first-order chi connectivity index (χ1) is 10.6. The van der Waals surface area contributed by atoms with Crippen molar-refractivity contribution in [3.05, 3.63) is 57.5 Å². The first-order valence-electron chi connectivity index (χ1n) is 6.81. The molecule has 1 amide bonds. The molecule has 1 aromatic carbocycles. The summed E-state index contributed by atoms with van der Waals surface area (Å²) >= 11 is 1.36. The SMILES string of the molecule is O=C(CCC(=O)c1cccs1)NCc1ccc(F)c(CO)c1. The number of benzene rings is 1. The molecule has 0 radical (unpaired) electrons. The van der Waals surface area contributed by atoms with Crippen LogP contribution >= 0.6 is 11.3 Å². The van der Waals surface area contributed by atoms with Crippen LogP contribution in [0, 0.1) is 5.82 Å². The van der Waals surface area contributed by atoms with Crippen LogP contribution in [-0.4, -0.2) is 16.8 Å². The minimum absolute atomic E-state index is 0.0468. The van der Waals surface area contributed by atoms with Crippen molar-refractivity contribution in [1.82, 2.24) is 5.32 Å². The van der Waals surface area contributed by atoms with Crippen LogP contribution in [0.3, 0.4) is 0 Å². The molecule has 2 aromatic rings. The fraction of sp³-hybridized carbons (Fsp3) is 0.250. The van der Waals surface area contributed by atoms with Gasteiger partial charge >= 0.3 is 0 Å². The zero-order valence-electron chi connectivity index (χ0n) is 11.8. The van der Waals surface area contributed by atoms with Crippen molar-refractivity contribution in [2.24, 2.45) is 0 Å². The lowest BCUT2D eigenvalue weighted by atomic mass is 10.1. The van der Waals surface area contributed by atoms with E-state index in [4.69, 9.17) is 5.11 Å². The van der Waals surface area contributed by atoms with Crippen molar-refractivity contribution in [3.8, 4) is 0 Å². The smallest absolute Gasteiger partial charge is 0.220 e. The van der Waals surface area contributed by atoms with Crippen LogP contribution in [-0.2, 0) is 17.9 Å². The third-order valence-electron chi connectivity index (χ3n) is 3.15. The third kappa shape index (κ3) is 4.47. The number of Topliss-reactive ketones (excluding diaryl/α,β-unsaturated/α-hetero) is 1. The van der Waals surface area contributed by atoms with E-state index >= 15 is 0 Å². The van der Waals surface area contributed by atoms with Gasteiger partial charge in [0.2, 0.25) is 5.91 Å². The zero-order valence-corrected chi connectivity index (χ0v) is 12.7. The summed E-state index contributed by atoms with van der Waals surface area (Å²) in [6, 6.07) is 7.84. The van der Waals surface area contributed by atoms with Crippen molar-refractivity contribution in [2.45, 2.75) is 26.0 Å². The van der Waals surface area contributed by atoms with E-state index < -0.39 is 5.82 Å². The lowest BCUT2D eigenvalue weighted by molar-refractivity contribution is -0.121. The summed E-state index contributed by atoms with van der Waals surface area (Å²) in [4.78, 5) is 24.1. The van der Waals surface area contributed by atoms with Gasteiger partial charge in [0.1, 0.15) is 5.82 Å². The van der Waals surface area contributed by atoms with Crippen LogP contribution < -0.4 is 5.32 Å². The fourth-order valence-electron chi connectivity index (χ4n) is 1.94. The molecule has 0 unspecified atom stereocenters. The number of hydrogen-bond donors (Lipinski definition) is 2. The highest BCUT2D eigenvalue weighted by Crippen LogP contribution is 2.13. The molecule has 6 heteroatoms. The molecule has 0 saturated heterocycles. The molecule has 2 rings (SSSR count). The van der Waals surface area contributed by atoms with Gasteiger partial charge in [0.05, 0.1) is 11.5 Å². The fourth-order valence-corrected chi connectivity index (χ4v) is 2.63. The summed E-state index contributed by atoms with van der Waals surface area (Å²) in [5.41, 5.74) is 0.892. The maximum atomic E-state index is 13.2. The number of nitrogens with one attached hydrogen (secondary N) is 1. The number of carbonyl (C=O) groups excluding carboxylic acids is 2. The summed E-state index contributed by atoms with van der Waals surface area (Å²) in [5.74, 6) is -0.756. The molecule has 0 bridgehead atoms. The van der Waals surface area contributed by atoms with Gasteiger partial charge in [0.15, 0.2) is 5.78 Å². The Balaban J connectivity index is 1.79. The minimum atomic E-state index is -0.473. The lowest BCUT2D eigenvalue weighted by Gasteiger charge is -2.07. The first-order valence-corrected chi connectivity index (χ1v) is 7.69. The van der Waals surface area contributed by atoms with Gasteiger partial charge in [0.25, 0.3) is 0 Å². The summed E-state index contributed by atoms with van der Waals surface area (Å²) < 4.78 is 13.2. The Kier molecular flexibility index (Phi) is 5.80. The van der Waals surface area contributed by atoms with Crippen LogP contribution in [0.2, 0.25) is 0 Å². The second-order valence-corrected chi connectivity index (χ2v) is 5.71. The average Bonchev–Trinajstić information content (AvgIpc) is 3.06. The quantitative estimate of drug-likeness (QED) is 0.771. The molecule has 22 heavy (non-hydrogen) atoms. The van der Waals surface area contributed by atoms with E-state index in [1.54, 1.807) is 18.2 Å². The molecule has 1 heterocycles. The van der Waals surface area contributed by atoms with Gasteiger partial charge in [-0.15, -0.1) is 11.3 Å². The molecular formula is C16H16FNO3S. The molecule has 0 fully saturated rings. The normalized spacial score (nSPS) is 10.5. The number of hydrogen-bond acceptors (Lipinski definition) is 4. The van der Waals surface area contributed by atoms with E-state index in [-0.39, 0.29) is 43.2 Å². The summed E-state index contributed by atoms with van der Waals surface area (Å²) in [6.07, 6.45) is 0.280. The van der Waals surface area contributed by atoms with Gasteiger partial charge in [-0.05, 0) is 29.1 Å². The van der Waals surface area contributed by atoms with E-state index in [1.165, 1.54) is 23.5 Å². The zero-order chi connectivity index (χ0) is 15.9. The number of aliphatic hydroxyl groups excluding tert-OH is 1. The molecule has 1 aromatic heterocycles. The second-order valence-electron chi connectivity index (χ2n) is 4.76. The highest BCUT2D eigenvalue weighted by Gasteiger charge is 2.10. The molecule has 2 N–H and O–H groups in total. The maximum absolute atomic E-state index is 13.2.